The van der Waals surface area contributed by atoms with E-state index < -0.39 is 6.04 Å². The number of hydrogen-bond donors (Lipinski definition) is 1. The highest BCUT2D eigenvalue weighted by Gasteiger charge is 2.23. The van der Waals surface area contributed by atoms with Gasteiger partial charge in [-0.2, -0.15) is 0 Å². The third-order valence-corrected chi connectivity index (χ3v) is 4.99. The number of nitrogens with one attached hydrogen (secondary N) is 1. The minimum absolute atomic E-state index is 0.0329. The molecule has 3 rings (SSSR count). The highest BCUT2D eigenvalue weighted by atomic mass is 16.5. The SMILES string of the molecule is COc1cccc(CC(=O)C(Cc2ccccc2)NC(=O)c2ccccc2)c1C. The van der Waals surface area contributed by atoms with Crippen LogP contribution in [0.1, 0.15) is 27.0 Å². The quantitative estimate of drug-likeness (QED) is 0.632. The van der Waals surface area contributed by atoms with Gasteiger partial charge in [-0.15, -0.1) is 0 Å². The van der Waals surface area contributed by atoms with Crippen molar-refractivity contribution in [3.63, 3.8) is 0 Å². The molecule has 0 radical (unpaired) electrons. The molecule has 0 aliphatic heterocycles. The highest BCUT2D eigenvalue weighted by Crippen LogP contribution is 2.22. The maximum Gasteiger partial charge on any atom is 0.251 e. The van der Waals surface area contributed by atoms with E-state index in [0.717, 1.165) is 22.4 Å². The molecule has 0 fully saturated rings. The molecule has 4 heteroatoms. The summed E-state index contributed by atoms with van der Waals surface area (Å²) in [5.41, 5.74) is 3.38. The lowest BCUT2D eigenvalue weighted by atomic mass is 9.95. The molecule has 0 bridgehead atoms. The minimum Gasteiger partial charge on any atom is -0.496 e. The molecule has 0 aromatic heterocycles. The number of hydrogen-bond acceptors (Lipinski definition) is 3. The van der Waals surface area contributed by atoms with Gasteiger partial charge in [0.15, 0.2) is 5.78 Å². The van der Waals surface area contributed by atoms with Crippen molar-refractivity contribution in [3.8, 4) is 5.75 Å². The van der Waals surface area contributed by atoms with Crippen LogP contribution in [0, 0.1) is 6.92 Å². The van der Waals surface area contributed by atoms with E-state index in [1.165, 1.54) is 0 Å². The Morgan fingerprint density at radius 2 is 1.55 bits per heavy atom. The van der Waals surface area contributed by atoms with Gasteiger partial charge in [0.25, 0.3) is 5.91 Å². The molecule has 0 saturated heterocycles. The van der Waals surface area contributed by atoms with Crippen LogP contribution in [0.25, 0.3) is 0 Å². The predicted octanol–water partition coefficient (Wildman–Crippen LogP) is 4.16. The third-order valence-electron chi connectivity index (χ3n) is 4.99. The molecule has 1 atom stereocenters. The first kappa shape index (κ1) is 20.3. The molecule has 148 valence electrons. The van der Waals surface area contributed by atoms with Crippen molar-refractivity contribution < 1.29 is 14.3 Å². The van der Waals surface area contributed by atoms with E-state index >= 15 is 0 Å². The Kier molecular flexibility index (Phi) is 6.80. The number of carbonyl (C=O) groups is 2. The number of methoxy groups -OCH3 is 1. The second-order valence-electron chi connectivity index (χ2n) is 6.97. The van der Waals surface area contributed by atoms with Crippen LogP contribution in [0.5, 0.6) is 5.75 Å². The fourth-order valence-electron chi connectivity index (χ4n) is 3.31. The molecule has 0 saturated carbocycles. The Morgan fingerprint density at radius 3 is 2.21 bits per heavy atom. The molecular weight excluding hydrogens is 362 g/mol. The molecule has 0 heterocycles. The molecule has 0 spiro atoms. The number of ether oxygens (including phenoxy) is 1. The van der Waals surface area contributed by atoms with E-state index in [0.29, 0.717) is 12.0 Å². The zero-order chi connectivity index (χ0) is 20.6. The van der Waals surface area contributed by atoms with Gasteiger partial charge in [0.2, 0.25) is 0 Å². The van der Waals surface area contributed by atoms with Crippen LogP contribution in [-0.4, -0.2) is 24.8 Å². The second kappa shape index (κ2) is 9.69. The van der Waals surface area contributed by atoms with E-state index in [1.807, 2.05) is 73.7 Å². The van der Waals surface area contributed by atoms with Crippen molar-refractivity contribution in [2.75, 3.05) is 7.11 Å². The van der Waals surface area contributed by atoms with E-state index in [4.69, 9.17) is 4.74 Å². The molecule has 4 nitrogen and oxygen atoms in total. The number of amides is 1. The van der Waals surface area contributed by atoms with Crippen molar-refractivity contribution in [2.24, 2.45) is 0 Å². The summed E-state index contributed by atoms with van der Waals surface area (Å²) in [6.45, 7) is 1.94. The summed E-state index contributed by atoms with van der Waals surface area (Å²) in [6, 6.07) is 23.7. The monoisotopic (exact) mass is 387 g/mol. The van der Waals surface area contributed by atoms with Gasteiger partial charge in [-0.1, -0.05) is 60.7 Å². The van der Waals surface area contributed by atoms with Gasteiger partial charge in [-0.25, -0.2) is 0 Å². The third kappa shape index (κ3) is 5.32. The maximum absolute atomic E-state index is 13.2. The van der Waals surface area contributed by atoms with Crippen LogP contribution in [0.4, 0.5) is 0 Å². The lowest BCUT2D eigenvalue weighted by Gasteiger charge is -2.19. The number of rotatable bonds is 8. The zero-order valence-corrected chi connectivity index (χ0v) is 16.7. The summed E-state index contributed by atoms with van der Waals surface area (Å²) in [5.74, 6) is 0.472. The molecule has 0 aliphatic carbocycles. The number of benzene rings is 3. The van der Waals surface area contributed by atoms with Crippen molar-refractivity contribution in [1.82, 2.24) is 5.32 Å². The van der Waals surface area contributed by atoms with Crippen LogP contribution < -0.4 is 10.1 Å². The van der Waals surface area contributed by atoms with Gasteiger partial charge in [0.1, 0.15) is 5.75 Å². The van der Waals surface area contributed by atoms with Crippen molar-refractivity contribution >= 4 is 11.7 Å². The molecule has 29 heavy (non-hydrogen) atoms. The zero-order valence-electron chi connectivity index (χ0n) is 16.7. The molecule has 1 amide bonds. The van der Waals surface area contributed by atoms with Gasteiger partial charge in [-0.3, -0.25) is 9.59 Å². The molecule has 1 unspecified atom stereocenters. The van der Waals surface area contributed by atoms with Crippen molar-refractivity contribution in [3.05, 3.63) is 101 Å². The first-order valence-electron chi connectivity index (χ1n) is 9.63. The van der Waals surface area contributed by atoms with Crippen LogP contribution in [0.15, 0.2) is 78.9 Å². The lowest BCUT2D eigenvalue weighted by molar-refractivity contribution is -0.120. The Balaban J connectivity index is 1.82. The summed E-state index contributed by atoms with van der Waals surface area (Å²) in [6.07, 6.45) is 0.677. The minimum atomic E-state index is -0.615. The van der Waals surface area contributed by atoms with Gasteiger partial charge in [-0.05, 0) is 48.2 Å². The largest absolute Gasteiger partial charge is 0.496 e. The number of ketones is 1. The predicted molar refractivity (Wildman–Crippen MR) is 114 cm³/mol. The van der Waals surface area contributed by atoms with Gasteiger partial charge in [0.05, 0.1) is 13.2 Å². The second-order valence-corrected chi connectivity index (χ2v) is 6.97. The smallest absolute Gasteiger partial charge is 0.251 e. The fraction of sp³-hybridized carbons (Fsp3) is 0.200. The van der Waals surface area contributed by atoms with E-state index in [2.05, 4.69) is 5.32 Å². The maximum atomic E-state index is 13.2. The van der Waals surface area contributed by atoms with Crippen LogP contribution in [-0.2, 0) is 17.6 Å². The summed E-state index contributed by atoms with van der Waals surface area (Å²) in [7, 11) is 1.62. The van der Waals surface area contributed by atoms with E-state index in [1.54, 1.807) is 19.2 Å². The summed E-state index contributed by atoms with van der Waals surface area (Å²) < 4.78 is 5.36. The fourth-order valence-corrected chi connectivity index (χ4v) is 3.31. The Hall–Kier alpha value is -3.40. The topological polar surface area (TPSA) is 55.4 Å². The molecule has 0 aliphatic rings. The van der Waals surface area contributed by atoms with Gasteiger partial charge in [0, 0.05) is 12.0 Å². The molecular formula is C25H25NO3. The number of Topliss-reactive ketones (excluding diaryl/α,β-unsaturated/α-hetero) is 1. The first-order valence-corrected chi connectivity index (χ1v) is 9.63. The first-order chi connectivity index (χ1) is 14.1. The summed E-state index contributed by atoms with van der Waals surface area (Å²) >= 11 is 0. The Labute approximate surface area is 171 Å². The highest BCUT2D eigenvalue weighted by molar-refractivity contribution is 5.98. The summed E-state index contributed by atoms with van der Waals surface area (Å²) in [5, 5.41) is 2.93. The molecule has 3 aromatic carbocycles. The lowest BCUT2D eigenvalue weighted by Crippen LogP contribution is -2.43. The number of carbonyl (C=O) groups excluding carboxylic acids is 2. The molecule has 3 aromatic rings. The van der Waals surface area contributed by atoms with E-state index in [9.17, 15) is 9.59 Å². The normalized spacial score (nSPS) is 11.5. The molecule has 1 N–H and O–H groups in total. The average Bonchev–Trinajstić information content (AvgIpc) is 2.76. The van der Waals surface area contributed by atoms with E-state index in [-0.39, 0.29) is 18.1 Å². The Bertz CT molecular complexity index is 968. The van der Waals surface area contributed by atoms with Gasteiger partial charge < -0.3 is 10.1 Å². The van der Waals surface area contributed by atoms with Crippen LogP contribution in [0.3, 0.4) is 0 Å². The van der Waals surface area contributed by atoms with Crippen molar-refractivity contribution in [2.45, 2.75) is 25.8 Å². The van der Waals surface area contributed by atoms with Crippen molar-refractivity contribution in [1.29, 1.82) is 0 Å². The van der Waals surface area contributed by atoms with Crippen LogP contribution >= 0.6 is 0 Å². The van der Waals surface area contributed by atoms with Gasteiger partial charge >= 0.3 is 0 Å². The Morgan fingerprint density at radius 1 is 0.897 bits per heavy atom. The standard InChI is InChI=1S/C25H25NO3/c1-18-21(14-9-15-24(18)29-2)17-23(27)22(16-19-10-5-3-6-11-19)26-25(28)20-12-7-4-8-13-20/h3-15,22H,16-17H2,1-2H3,(H,26,28). The summed E-state index contributed by atoms with van der Waals surface area (Å²) in [4.78, 5) is 25.9. The average molecular weight is 387 g/mol. The van der Waals surface area contributed by atoms with Crippen LogP contribution in [0.2, 0.25) is 0 Å².